The van der Waals surface area contributed by atoms with Crippen LogP contribution >= 0.6 is 0 Å². The van der Waals surface area contributed by atoms with Crippen molar-refractivity contribution in [2.45, 2.75) is 31.9 Å². The van der Waals surface area contributed by atoms with E-state index in [1.54, 1.807) is 6.07 Å². The van der Waals surface area contributed by atoms with Crippen LogP contribution in [0.1, 0.15) is 31.2 Å². The van der Waals surface area contributed by atoms with Crippen LogP contribution < -0.4 is 11.1 Å². The van der Waals surface area contributed by atoms with Gasteiger partial charge in [0.1, 0.15) is 0 Å². The highest BCUT2D eigenvalue weighted by molar-refractivity contribution is 5.52. The maximum atomic E-state index is 12.9. The summed E-state index contributed by atoms with van der Waals surface area (Å²) < 4.78 is 38.6. The van der Waals surface area contributed by atoms with E-state index >= 15 is 0 Å². The van der Waals surface area contributed by atoms with Crippen LogP contribution in [0.2, 0.25) is 0 Å². The fourth-order valence-electron chi connectivity index (χ4n) is 2.75. The summed E-state index contributed by atoms with van der Waals surface area (Å²) >= 11 is 0. The molecule has 1 aliphatic rings. The number of alkyl halides is 3. The maximum absolute atomic E-state index is 12.9. The molecule has 2 rings (SSSR count). The zero-order valence-corrected chi connectivity index (χ0v) is 10.8. The topological polar surface area (TPSA) is 38.0 Å². The molecule has 5 heteroatoms. The minimum Gasteiger partial charge on any atom is -0.384 e. The molecule has 3 N–H and O–H groups in total. The number of rotatable bonds is 4. The molecule has 0 bridgehead atoms. The van der Waals surface area contributed by atoms with Crippen molar-refractivity contribution in [3.8, 4) is 0 Å². The van der Waals surface area contributed by atoms with Gasteiger partial charge in [-0.2, -0.15) is 13.2 Å². The lowest BCUT2D eigenvalue weighted by atomic mass is 9.86. The molecule has 0 aliphatic heterocycles. The van der Waals surface area contributed by atoms with Crippen LogP contribution in [0.15, 0.2) is 24.3 Å². The van der Waals surface area contributed by atoms with E-state index in [1.807, 2.05) is 0 Å². The molecule has 0 unspecified atom stereocenters. The minimum absolute atomic E-state index is 0.0429. The van der Waals surface area contributed by atoms with Crippen LogP contribution in [0.5, 0.6) is 0 Å². The number of anilines is 1. The first-order valence-electron chi connectivity index (χ1n) is 6.57. The third-order valence-electron chi connectivity index (χ3n) is 3.98. The van der Waals surface area contributed by atoms with Crippen molar-refractivity contribution in [3.05, 3.63) is 29.8 Å². The van der Waals surface area contributed by atoms with E-state index in [4.69, 9.17) is 5.73 Å². The van der Waals surface area contributed by atoms with Gasteiger partial charge in [-0.25, -0.2) is 0 Å². The summed E-state index contributed by atoms with van der Waals surface area (Å²) in [6, 6.07) is 5.59. The largest absolute Gasteiger partial charge is 0.418 e. The van der Waals surface area contributed by atoms with Gasteiger partial charge < -0.3 is 11.1 Å². The molecule has 1 aromatic carbocycles. The standard InChI is InChI=1S/C14H19F3N2/c15-14(16,17)11-5-1-2-6-12(11)19-10-13(9-18)7-3-4-8-13/h1-2,5-6,19H,3-4,7-10,18H2. The van der Waals surface area contributed by atoms with E-state index in [2.05, 4.69) is 5.32 Å². The van der Waals surface area contributed by atoms with Crippen molar-refractivity contribution >= 4 is 5.69 Å². The summed E-state index contributed by atoms with van der Waals surface area (Å²) in [4.78, 5) is 0. The number of hydrogen-bond acceptors (Lipinski definition) is 2. The normalized spacial score (nSPS) is 18.5. The van der Waals surface area contributed by atoms with Crippen LogP contribution in [-0.4, -0.2) is 13.1 Å². The molecule has 2 nitrogen and oxygen atoms in total. The van der Waals surface area contributed by atoms with E-state index in [-0.39, 0.29) is 11.1 Å². The van der Waals surface area contributed by atoms with Crippen molar-refractivity contribution in [1.82, 2.24) is 0 Å². The second-order valence-corrected chi connectivity index (χ2v) is 5.31. The van der Waals surface area contributed by atoms with Gasteiger partial charge in [0.25, 0.3) is 0 Å². The average Bonchev–Trinajstić information content (AvgIpc) is 2.85. The van der Waals surface area contributed by atoms with Crippen LogP contribution in [0.4, 0.5) is 18.9 Å². The number of nitrogens with two attached hydrogens (primary N) is 1. The van der Waals surface area contributed by atoms with E-state index in [0.717, 1.165) is 31.7 Å². The lowest BCUT2D eigenvalue weighted by Crippen LogP contribution is -2.35. The van der Waals surface area contributed by atoms with Crippen molar-refractivity contribution < 1.29 is 13.2 Å². The fraction of sp³-hybridized carbons (Fsp3) is 0.571. The van der Waals surface area contributed by atoms with E-state index in [9.17, 15) is 13.2 Å². The summed E-state index contributed by atoms with van der Waals surface area (Å²) in [6.07, 6.45) is -0.121. The lowest BCUT2D eigenvalue weighted by Gasteiger charge is -2.28. The molecule has 1 aliphatic carbocycles. The van der Waals surface area contributed by atoms with Crippen LogP contribution in [0.3, 0.4) is 0 Å². The second-order valence-electron chi connectivity index (χ2n) is 5.31. The average molecular weight is 272 g/mol. The Labute approximate surface area is 111 Å². The third kappa shape index (κ3) is 3.21. The van der Waals surface area contributed by atoms with Crippen molar-refractivity contribution in [2.24, 2.45) is 11.1 Å². The van der Waals surface area contributed by atoms with Gasteiger partial charge in [-0.05, 0) is 36.9 Å². The molecular formula is C14H19F3N2. The maximum Gasteiger partial charge on any atom is 0.418 e. The van der Waals surface area contributed by atoms with Crippen LogP contribution in [0.25, 0.3) is 0 Å². The molecule has 106 valence electrons. The first-order valence-corrected chi connectivity index (χ1v) is 6.57. The fourth-order valence-corrected chi connectivity index (χ4v) is 2.75. The molecule has 0 saturated heterocycles. The zero-order chi connectivity index (χ0) is 13.9. The Morgan fingerprint density at radius 2 is 1.79 bits per heavy atom. The third-order valence-corrected chi connectivity index (χ3v) is 3.98. The van der Waals surface area contributed by atoms with Gasteiger partial charge in [-0.15, -0.1) is 0 Å². The first-order chi connectivity index (χ1) is 8.97. The summed E-state index contributed by atoms with van der Waals surface area (Å²) in [6.45, 7) is 1.03. The number of halogens is 3. The van der Waals surface area contributed by atoms with Gasteiger partial charge in [0, 0.05) is 12.2 Å². The Bertz CT molecular complexity index is 423. The molecule has 1 aromatic rings. The highest BCUT2D eigenvalue weighted by Crippen LogP contribution is 2.39. The molecule has 19 heavy (non-hydrogen) atoms. The number of nitrogens with one attached hydrogen (secondary N) is 1. The van der Waals surface area contributed by atoms with Crippen LogP contribution in [-0.2, 0) is 6.18 Å². The summed E-state index contributed by atoms with van der Waals surface area (Å²) in [7, 11) is 0. The number of benzene rings is 1. The van der Waals surface area contributed by atoms with Gasteiger partial charge in [-0.1, -0.05) is 25.0 Å². The predicted octanol–water partition coefficient (Wildman–Crippen LogP) is 3.64. The zero-order valence-electron chi connectivity index (χ0n) is 10.8. The minimum atomic E-state index is -4.32. The molecule has 1 saturated carbocycles. The Morgan fingerprint density at radius 3 is 2.37 bits per heavy atom. The molecular weight excluding hydrogens is 253 g/mol. The Kier molecular flexibility index (Phi) is 4.04. The Hall–Kier alpha value is -1.23. The molecule has 0 atom stereocenters. The summed E-state index contributed by atoms with van der Waals surface area (Å²) in [5.74, 6) is 0. The van der Waals surface area contributed by atoms with Crippen molar-refractivity contribution in [3.63, 3.8) is 0 Å². The van der Waals surface area contributed by atoms with Gasteiger partial charge in [0.2, 0.25) is 0 Å². The predicted molar refractivity (Wildman–Crippen MR) is 69.9 cm³/mol. The highest BCUT2D eigenvalue weighted by Gasteiger charge is 2.35. The highest BCUT2D eigenvalue weighted by atomic mass is 19.4. The number of hydrogen-bond donors (Lipinski definition) is 2. The summed E-state index contributed by atoms with van der Waals surface area (Å²) in [5, 5.41) is 2.95. The molecule has 1 fully saturated rings. The van der Waals surface area contributed by atoms with Gasteiger partial charge >= 0.3 is 6.18 Å². The smallest absolute Gasteiger partial charge is 0.384 e. The number of para-hydroxylation sites is 1. The molecule has 0 aromatic heterocycles. The second kappa shape index (κ2) is 5.41. The first kappa shape index (κ1) is 14.2. The van der Waals surface area contributed by atoms with E-state index in [1.165, 1.54) is 12.1 Å². The molecule has 0 spiro atoms. The van der Waals surface area contributed by atoms with E-state index in [0.29, 0.717) is 13.1 Å². The Balaban J connectivity index is 2.11. The van der Waals surface area contributed by atoms with Gasteiger partial charge in [0.15, 0.2) is 0 Å². The van der Waals surface area contributed by atoms with Gasteiger partial charge in [0.05, 0.1) is 5.56 Å². The van der Waals surface area contributed by atoms with Crippen molar-refractivity contribution in [2.75, 3.05) is 18.4 Å². The molecule has 0 radical (unpaired) electrons. The van der Waals surface area contributed by atoms with Crippen molar-refractivity contribution in [1.29, 1.82) is 0 Å². The SMILES string of the molecule is NCC1(CNc2ccccc2C(F)(F)F)CCCC1. The van der Waals surface area contributed by atoms with Gasteiger partial charge in [-0.3, -0.25) is 0 Å². The Morgan fingerprint density at radius 1 is 1.16 bits per heavy atom. The quantitative estimate of drug-likeness (QED) is 0.878. The molecule has 0 heterocycles. The molecule has 0 amide bonds. The summed E-state index contributed by atoms with van der Waals surface area (Å²) in [5.41, 5.74) is 5.29. The van der Waals surface area contributed by atoms with Crippen LogP contribution in [0, 0.1) is 5.41 Å². The van der Waals surface area contributed by atoms with E-state index < -0.39 is 11.7 Å². The monoisotopic (exact) mass is 272 g/mol. The lowest BCUT2D eigenvalue weighted by molar-refractivity contribution is -0.137.